The molecule has 0 saturated carbocycles. The summed E-state index contributed by atoms with van der Waals surface area (Å²) in [5, 5.41) is 14.1. The van der Waals surface area contributed by atoms with Gasteiger partial charge in [-0.15, -0.1) is 0 Å². The number of fused-ring (bicyclic) bond motifs is 1. The fourth-order valence-electron chi connectivity index (χ4n) is 5.23. The average molecular weight is 526 g/mol. The van der Waals surface area contributed by atoms with Gasteiger partial charge in [-0.05, 0) is 70.6 Å². The van der Waals surface area contributed by atoms with Crippen LogP contribution < -0.4 is 9.64 Å². The van der Waals surface area contributed by atoms with Crippen LogP contribution in [-0.2, 0) is 9.59 Å². The molecule has 0 aliphatic carbocycles. The van der Waals surface area contributed by atoms with Crippen molar-refractivity contribution in [3.8, 4) is 5.75 Å². The van der Waals surface area contributed by atoms with Crippen molar-refractivity contribution in [2.45, 2.75) is 32.7 Å². The Kier molecular flexibility index (Phi) is 6.72. The summed E-state index contributed by atoms with van der Waals surface area (Å²) in [5.74, 6) is -0.865. The minimum atomic E-state index is -0.858. The molecule has 5 rings (SSSR count). The summed E-state index contributed by atoms with van der Waals surface area (Å²) in [4.78, 5) is 28.7. The SMILES string of the molecule is COc1cc(C)c(/C(O)=C2\C(=O)C(=O)N(c3cccc(Cl)c3)C2c2cccc3ccccc23)cc1C(C)C. The van der Waals surface area contributed by atoms with E-state index in [9.17, 15) is 14.7 Å². The number of hydrogen-bond donors (Lipinski definition) is 1. The maximum atomic E-state index is 13.7. The van der Waals surface area contributed by atoms with Gasteiger partial charge in [0.1, 0.15) is 11.5 Å². The monoisotopic (exact) mass is 525 g/mol. The second-order valence-corrected chi connectivity index (χ2v) is 10.2. The highest BCUT2D eigenvalue weighted by Gasteiger charge is 2.47. The fourth-order valence-corrected chi connectivity index (χ4v) is 5.42. The summed E-state index contributed by atoms with van der Waals surface area (Å²) in [6.07, 6.45) is 0. The molecule has 0 aromatic heterocycles. The molecule has 1 N–H and O–H groups in total. The molecule has 1 fully saturated rings. The maximum Gasteiger partial charge on any atom is 0.300 e. The van der Waals surface area contributed by atoms with Crippen LogP contribution in [0.4, 0.5) is 5.69 Å². The van der Waals surface area contributed by atoms with Crippen molar-refractivity contribution in [2.75, 3.05) is 12.0 Å². The van der Waals surface area contributed by atoms with Gasteiger partial charge in [-0.1, -0.05) is 74.0 Å². The molecular formula is C32H28ClNO4. The summed E-state index contributed by atoms with van der Waals surface area (Å²) < 4.78 is 5.57. The van der Waals surface area contributed by atoms with E-state index in [0.29, 0.717) is 22.0 Å². The highest BCUT2D eigenvalue weighted by molar-refractivity contribution is 6.52. The first-order valence-corrected chi connectivity index (χ1v) is 12.8. The Labute approximate surface area is 226 Å². The summed E-state index contributed by atoms with van der Waals surface area (Å²) >= 11 is 6.29. The van der Waals surface area contributed by atoms with Crippen LogP contribution in [0.1, 0.15) is 48.1 Å². The van der Waals surface area contributed by atoms with Crippen LogP contribution in [0.15, 0.2) is 84.4 Å². The number of carbonyl (C=O) groups excluding carboxylic acids is 2. The molecule has 192 valence electrons. The van der Waals surface area contributed by atoms with E-state index in [1.165, 1.54) is 4.90 Å². The predicted octanol–water partition coefficient (Wildman–Crippen LogP) is 7.56. The van der Waals surface area contributed by atoms with Gasteiger partial charge in [0.2, 0.25) is 0 Å². The zero-order valence-corrected chi connectivity index (χ0v) is 22.4. The number of aliphatic hydroxyl groups excluding tert-OH is 1. The number of hydrogen-bond acceptors (Lipinski definition) is 4. The standard InChI is InChI=1S/C32H28ClNO4/c1-18(2)25-17-26(19(3)15-27(25)38-4)30(35)28-29(24-14-7-10-20-9-5-6-13-23(20)24)34(32(37)31(28)36)22-12-8-11-21(33)16-22/h5-18,29,35H,1-4H3/b30-28+. The quantitative estimate of drug-likeness (QED) is 0.166. The number of benzene rings is 4. The molecule has 5 nitrogen and oxygen atoms in total. The molecule has 38 heavy (non-hydrogen) atoms. The van der Waals surface area contributed by atoms with E-state index in [0.717, 1.165) is 27.5 Å². The number of anilines is 1. The van der Waals surface area contributed by atoms with E-state index in [1.807, 2.05) is 75.4 Å². The van der Waals surface area contributed by atoms with Crippen LogP contribution in [0.3, 0.4) is 0 Å². The van der Waals surface area contributed by atoms with Gasteiger partial charge in [0.15, 0.2) is 0 Å². The molecule has 0 radical (unpaired) electrons. The van der Waals surface area contributed by atoms with Crippen molar-refractivity contribution in [3.05, 3.63) is 112 Å². The summed E-state index contributed by atoms with van der Waals surface area (Å²) in [6.45, 7) is 5.91. The minimum absolute atomic E-state index is 0.0364. The molecule has 1 aliphatic rings. The van der Waals surface area contributed by atoms with Gasteiger partial charge < -0.3 is 9.84 Å². The zero-order valence-electron chi connectivity index (χ0n) is 21.7. The topological polar surface area (TPSA) is 66.8 Å². The molecule has 0 spiro atoms. The molecule has 1 atom stereocenters. The van der Waals surface area contributed by atoms with Crippen LogP contribution in [0, 0.1) is 6.92 Å². The smallest absolute Gasteiger partial charge is 0.300 e. The largest absolute Gasteiger partial charge is 0.507 e. The number of nitrogens with zero attached hydrogens (tertiary/aromatic N) is 1. The third-order valence-electron chi connectivity index (χ3n) is 7.10. The first-order chi connectivity index (χ1) is 18.2. The maximum absolute atomic E-state index is 13.7. The van der Waals surface area contributed by atoms with Gasteiger partial charge in [-0.25, -0.2) is 0 Å². The Hall–Kier alpha value is -4.09. The second-order valence-electron chi connectivity index (χ2n) is 9.78. The Balaban J connectivity index is 1.83. The van der Waals surface area contributed by atoms with Crippen molar-refractivity contribution in [3.63, 3.8) is 0 Å². The first-order valence-electron chi connectivity index (χ1n) is 12.5. The molecule has 1 saturated heterocycles. The van der Waals surface area contributed by atoms with Gasteiger partial charge in [-0.3, -0.25) is 14.5 Å². The summed E-state index contributed by atoms with van der Waals surface area (Å²) in [5.41, 5.74) is 3.36. The second kappa shape index (κ2) is 9.99. The number of aryl methyl sites for hydroxylation is 1. The number of ketones is 1. The first kappa shape index (κ1) is 25.6. The summed E-state index contributed by atoms with van der Waals surface area (Å²) in [6, 6.07) is 23.2. The lowest BCUT2D eigenvalue weighted by atomic mass is 9.89. The third kappa shape index (κ3) is 4.23. The third-order valence-corrected chi connectivity index (χ3v) is 7.34. The van der Waals surface area contributed by atoms with E-state index < -0.39 is 17.7 Å². The van der Waals surface area contributed by atoms with E-state index >= 15 is 0 Å². The lowest BCUT2D eigenvalue weighted by Crippen LogP contribution is -2.29. The van der Waals surface area contributed by atoms with E-state index in [-0.39, 0.29) is 17.3 Å². The zero-order chi connectivity index (χ0) is 27.1. The van der Waals surface area contributed by atoms with Crippen LogP contribution in [0.2, 0.25) is 5.02 Å². The highest BCUT2D eigenvalue weighted by Crippen LogP contribution is 2.45. The van der Waals surface area contributed by atoms with Gasteiger partial charge in [0, 0.05) is 16.3 Å². The van der Waals surface area contributed by atoms with Crippen LogP contribution in [-0.4, -0.2) is 23.9 Å². The Morgan fingerprint density at radius 1 is 0.974 bits per heavy atom. The van der Waals surface area contributed by atoms with Crippen molar-refractivity contribution >= 4 is 45.5 Å². The fraction of sp³-hybridized carbons (Fsp3) is 0.188. The van der Waals surface area contributed by atoms with Crippen molar-refractivity contribution in [1.82, 2.24) is 0 Å². The van der Waals surface area contributed by atoms with Gasteiger partial charge in [-0.2, -0.15) is 0 Å². The Morgan fingerprint density at radius 3 is 2.39 bits per heavy atom. The molecule has 1 aliphatic heterocycles. The minimum Gasteiger partial charge on any atom is -0.507 e. The number of rotatable bonds is 5. The normalized spacial score (nSPS) is 17.0. The average Bonchev–Trinajstić information content (AvgIpc) is 3.17. The molecule has 4 aromatic carbocycles. The molecule has 6 heteroatoms. The van der Waals surface area contributed by atoms with E-state index in [4.69, 9.17) is 16.3 Å². The number of ether oxygens (including phenoxy) is 1. The number of carbonyl (C=O) groups is 2. The van der Waals surface area contributed by atoms with Gasteiger partial charge in [0.05, 0.1) is 18.7 Å². The molecule has 1 heterocycles. The predicted molar refractivity (Wildman–Crippen MR) is 152 cm³/mol. The van der Waals surface area contributed by atoms with Crippen LogP contribution >= 0.6 is 11.6 Å². The van der Waals surface area contributed by atoms with Crippen LogP contribution in [0.25, 0.3) is 16.5 Å². The molecule has 1 amide bonds. The van der Waals surface area contributed by atoms with Crippen molar-refractivity contribution in [1.29, 1.82) is 0 Å². The molecule has 0 bridgehead atoms. The van der Waals surface area contributed by atoms with Gasteiger partial charge in [0.25, 0.3) is 11.7 Å². The summed E-state index contributed by atoms with van der Waals surface area (Å²) in [7, 11) is 1.61. The Bertz CT molecular complexity index is 1620. The number of Topliss-reactive ketones (excluding diaryl/α,β-unsaturated/α-hetero) is 1. The Morgan fingerprint density at radius 2 is 1.68 bits per heavy atom. The van der Waals surface area contributed by atoms with Crippen molar-refractivity contribution in [2.24, 2.45) is 0 Å². The lowest BCUT2D eigenvalue weighted by molar-refractivity contribution is -0.132. The van der Waals surface area contributed by atoms with Crippen molar-refractivity contribution < 1.29 is 19.4 Å². The number of aliphatic hydroxyl groups is 1. The number of halogens is 1. The number of methoxy groups -OCH3 is 1. The lowest BCUT2D eigenvalue weighted by Gasteiger charge is -2.27. The van der Waals surface area contributed by atoms with Gasteiger partial charge >= 0.3 is 0 Å². The van der Waals surface area contributed by atoms with Crippen LogP contribution in [0.5, 0.6) is 5.75 Å². The van der Waals surface area contributed by atoms with E-state index in [1.54, 1.807) is 31.4 Å². The molecule has 1 unspecified atom stereocenters. The molecular weight excluding hydrogens is 498 g/mol. The van der Waals surface area contributed by atoms with E-state index in [2.05, 4.69) is 0 Å². The molecule has 4 aromatic rings. The highest BCUT2D eigenvalue weighted by atomic mass is 35.5. The number of amides is 1.